The summed E-state index contributed by atoms with van der Waals surface area (Å²) in [5.74, 6) is -17.2. The number of carbonyl (C=O) groups excluding carboxylic acids is 4. The van der Waals surface area contributed by atoms with Crippen LogP contribution in [-0.2, 0) is 0 Å². The van der Waals surface area contributed by atoms with E-state index in [0.717, 1.165) is 109 Å². The van der Waals surface area contributed by atoms with E-state index in [1.54, 1.807) is 0 Å². The third-order valence-corrected chi connectivity index (χ3v) is 9.99. The highest BCUT2D eigenvalue weighted by molar-refractivity contribution is 6.14. The maximum atomic E-state index is 14.0. The highest BCUT2D eigenvalue weighted by Crippen LogP contribution is 2.29. The summed E-state index contributed by atoms with van der Waals surface area (Å²) >= 11 is 0. The van der Waals surface area contributed by atoms with Gasteiger partial charge in [-0.1, -0.05) is 0 Å². The Kier molecular flexibility index (Phi) is 14.3. The molecule has 0 aliphatic carbocycles. The molecule has 0 aliphatic rings. The molecule has 6 aromatic rings. The molecule has 0 bridgehead atoms. The molecule has 6 aromatic carbocycles. The number of benzene rings is 6. The third kappa shape index (κ3) is 11.9. The molecule has 0 fully saturated rings. The Bertz CT molecular complexity index is 2860. The zero-order valence-electron chi connectivity index (χ0n) is 35.9. The van der Waals surface area contributed by atoms with Crippen molar-refractivity contribution in [2.24, 2.45) is 0 Å². The lowest BCUT2D eigenvalue weighted by Gasteiger charge is -2.15. The van der Waals surface area contributed by atoms with Crippen LogP contribution in [0.25, 0.3) is 11.1 Å². The predicted octanol–water partition coefficient (Wildman–Crippen LogP) is 5.95. The van der Waals surface area contributed by atoms with Crippen molar-refractivity contribution < 1.29 is 98.4 Å². The van der Waals surface area contributed by atoms with Crippen LogP contribution in [0.2, 0.25) is 0 Å². The van der Waals surface area contributed by atoms with Crippen LogP contribution in [0.1, 0.15) is 124 Å². The third-order valence-electron chi connectivity index (χ3n) is 9.99. The van der Waals surface area contributed by atoms with Gasteiger partial charge in [-0.05, 0) is 120 Å². The van der Waals surface area contributed by atoms with Crippen LogP contribution in [-0.4, -0.2) is 112 Å². The van der Waals surface area contributed by atoms with Gasteiger partial charge in [0, 0.05) is 45.0 Å². The first-order valence-corrected chi connectivity index (χ1v) is 19.9. The molecule has 0 radical (unpaired) electrons. The smallest absolute Gasteiger partial charge is 0.335 e. The van der Waals surface area contributed by atoms with Crippen molar-refractivity contribution in [2.75, 3.05) is 21.3 Å². The molecular weight excluding hydrogens is 953 g/mol. The van der Waals surface area contributed by atoms with Crippen molar-refractivity contribution in [1.82, 2.24) is 0 Å². The Morgan fingerprint density at radius 1 is 0.208 bits per heavy atom. The Hall–Kier alpha value is -11.0. The number of amides is 4. The highest BCUT2D eigenvalue weighted by Gasteiger charge is 2.23. The fourth-order valence-corrected chi connectivity index (χ4v) is 6.71. The van der Waals surface area contributed by atoms with Gasteiger partial charge in [-0.2, -0.15) is 0 Å². The van der Waals surface area contributed by atoms with E-state index in [1.807, 2.05) is 0 Å². The van der Waals surface area contributed by atoms with Gasteiger partial charge in [0.05, 0.1) is 44.5 Å². The average molecular weight is 983 g/mol. The largest absolute Gasteiger partial charge is 0.478 e. The van der Waals surface area contributed by atoms with E-state index in [4.69, 9.17) is 0 Å². The van der Waals surface area contributed by atoms with E-state index >= 15 is 0 Å². The second-order valence-corrected chi connectivity index (χ2v) is 15.1. The lowest BCUT2D eigenvalue weighted by Crippen LogP contribution is -2.18. The van der Waals surface area contributed by atoms with Crippen molar-refractivity contribution >= 4 is 94.1 Å². The minimum Gasteiger partial charge on any atom is -0.478 e. The summed E-state index contributed by atoms with van der Waals surface area (Å²) in [6.45, 7) is 0. The van der Waals surface area contributed by atoms with E-state index in [9.17, 15) is 98.4 Å². The molecule has 0 saturated carbocycles. The molecule has 0 unspecified atom stereocenters. The number of hydrogen-bond donors (Lipinski definition) is 12. The van der Waals surface area contributed by atoms with Gasteiger partial charge < -0.3 is 62.1 Å². The molecular formula is C48H30N4O20. The molecule has 12 N–H and O–H groups in total. The zero-order chi connectivity index (χ0) is 52.9. The number of aromatic carboxylic acids is 8. The standard InChI is InChI=1S/C48H30N4O20/c53-37(49-33-11-25(41(57)58)7-26(12-33)42(59)60)21-1-19(2-22(5-21)38(54)50-34-13-27(43(61)62)8-28(14-34)44(63)64)20-3-23(39(55)51-35-15-29(45(65)66)9-30(16-35)46(67)68)6-24(4-20)40(56)52-36-17-31(47(69)70)10-32(18-36)48(71)72/h1-18H,(H,49,53)(H,50,54)(H,51,55)(H,52,56)(H,57,58)(H,59,60)(H,61,62)(H,63,64)(H,65,66)(H,67,68)(H,69,70)(H,71,72). The molecule has 6 rings (SSSR count). The van der Waals surface area contributed by atoms with Crippen molar-refractivity contribution in [3.63, 3.8) is 0 Å². The second-order valence-electron chi connectivity index (χ2n) is 15.1. The van der Waals surface area contributed by atoms with E-state index in [2.05, 4.69) is 21.3 Å². The molecule has 0 heterocycles. The first-order chi connectivity index (χ1) is 33.8. The van der Waals surface area contributed by atoms with Gasteiger partial charge in [0.2, 0.25) is 0 Å². The zero-order valence-corrected chi connectivity index (χ0v) is 35.9. The lowest BCUT2D eigenvalue weighted by atomic mass is 9.95. The van der Waals surface area contributed by atoms with Crippen LogP contribution in [0.3, 0.4) is 0 Å². The summed E-state index contributed by atoms with van der Waals surface area (Å²) < 4.78 is 0. The van der Waals surface area contributed by atoms with Crippen LogP contribution in [0, 0.1) is 0 Å². The van der Waals surface area contributed by atoms with Crippen molar-refractivity contribution in [2.45, 2.75) is 0 Å². The Morgan fingerprint density at radius 2 is 0.347 bits per heavy atom. The number of hydrogen-bond acceptors (Lipinski definition) is 12. The quantitative estimate of drug-likeness (QED) is 0.0502. The fraction of sp³-hybridized carbons (Fsp3) is 0. The minimum atomic E-state index is -1.58. The summed E-state index contributed by atoms with van der Waals surface area (Å²) in [6, 6.07) is 16.6. The number of carboxylic acid groups (broad SMARTS) is 8. The van der Waals surface area contributed by atoms with Gasteiger partial charge in [0.1, 0.15) is 0 Å². The fourth-order valence-electron chi connectivity index (χ4n) is 6.71. The van der Waals surface area contributed by atoms with Gasteiger partial charge in [0.15, 0.2) is 0 Å². The molecule has 0 aliphatic heterocycles. The molecule has 72 heavy (non-hydrogen) atoms. The molecule has 0 spiro atoms. The molecule has 362 valence electrons. The van der Waals surface area contributed by atoms with Crippen LogP contribution in [0.4, 0.5) is 22.7 Å². The summed E-state index contributed by atoms with van der Waals surface area (Å²) in [7, 11) is 0. The molecule has 4 amide bonds. The monoisotopic (exact) mass is 982 g/mol. The molecule has 24 nitrogen and oxygen atoms in total. The van der Waals surface area contributed by atoms with Crippen LogP contribution >= 0.6 is 0 Å². The minimum absolute atomic E-state index is 0.213. The number of rotatable bonds is 17. The van der Waals surface area contributed by atoms with Crippen LogP contribution in [0.15, 0.2) is 109 Å². The van der Waals surface area contributed by atoms with E-state index in [1.165, 1.54) is 0 Å². The number of anilines is 4. The van der Waals surface area contributed by atoms with Crippen LogP contribution < -0.4 is 21.3 Å². The predicted molar refractivity (Wildman–Crippen MR) is 245 cm³/mol. The van der Waals surface area contributed by atoms with Gasteiger partial charge in [0.25, 0.3) is 23.6 Å². The summed E-state index contributed by atoms with van der Waals surface area (Å²) in [6.07, 6.45) is 0. The summed E-state index contributed by atoms with van der Waals surface area (Å²) in [4.78, 5) is 151. The lowest BCUT2D eigenvalue weighted by molar-refractivity contribution is 0.0676. The second kappa shape index (κ2) is 20.4. The Balaban J connectivity index is 1.55. The van der Waals surface area contributed by atoms with Gasteiger partial charge in [-0.25, -0.2) is 38.4 Å². The normalized spacial score (nSPS) is 10.5. The topological polar surface area (TPSA) is 415 Å². The van der Waals surface area contributed by atoms with Crippen molar-refractivity contribution in [1.29, 1.82) is 0 Å². The molecule has 24 heteroatoms. The van der Waals surface area contributed by atoms with Crippen molar-refractivity contribution in [3.05, 3.63) is 176 Å². The molecule has 0 aromatic heterocycles. The van der Waals surface area contributed by atoms with Gasteiger partial charge in [-0.3, -0.25) is 19.2 Å². The molecule has 0 atom stereocenters. The first kappa shape index (κ1) is 50.4. The average Bonchev–Trinajstić information content (AvgIpc) is 3.32. The number of carboxylic acids is 8. The van der Waals surface area contributed by atoms with E-state index in [-0.39, 0.29) is 33.9 Å². The number of carbonyl (C=O) groups is 12. The summed E-state index contributed by atoms with van der Waals surface area (Å²) in [5.41, 5.74) is -8.29. The SMILES string of the molecule is O=C(O)c1cc(NC(=O)c2cc(C(=O)Nc3cc(C(=O)O)cc(C(=O)O)c3)cc(-c3cc(C(=O)Nc4cc(C(=O)O)cc(C(=O)O)c4)cc(C(=O)Nc4cc(C(=O)O)cc(C(=O)O)c4)c3)c2)cc(C(=O)O)c1. The maximum Gasteiger partial charge on any atom is 0.335 e. The Labute approximate surface area is 400 Å². The van der Waals surface area contributed by atoms with Gasteiger partial charge in [-0.15, -0.1) is 0 Å². The van der Waals surface area contributed by atoms with E-state index < -0.39 is 138 Å². The summed E-state index contributed by atoms with van der Waals surface area (Å²) in [5, 5.41) is 86.1. The molecule has 0 saturated heterocycles. The number of nitrogens with one attached hydrogen (secondary N) is 4. The van der Waals surface area contributed by atoms with Crippen molar-refractivity contribution in [3.8, 4) is 11.1 Å². The van der Waals surface area contributed by atoms with Crippen LogP contribution in [0.5, 0.6) is 0 Å². The van der Waals surface area contributed by atoms with E-state index in [0.29, 0.717) is 0 Å². The van der Waals surface area contributed by atoms with Gasteiger partial charge >= 0.3 is 47.8 Å². The first-order valence-electron chi connectivity index (χ1n) is 19.9. The highest BCUT2D eigenvalue weighted by atomic mass is 16.4. The maximum absolute atomic E-state index is 14.0. The Morgan fingerprint density at radius 3 is 0.486 bits per heavy atom.